The van der Waals surface area contributed by atoms with Crippen molar-refractivity contribution in [1.82, 2.24) is 59.2 Å². The maximum atomic E-state index is 12.6. The van der Waals surface area contributed by atoms with Gasteiger partial charge in [0.2, 0.25) is 0 Å². The summed E-state index contributed by atoms with van der Waals surface area (Å²) >= 11 is 8.62. The van der Waals surface area contributed by atoms with Gasteiger partial charge >= 0.3 is 0 Å². The Hall–Kier alpha value is -5.22. The Kier molecular flexibility index (Phi) is 40.4. The summed E-state index contributed by atoms with van der Waals surface area (Å²) in [6, 6.07) is 4.31. The zero-order chi connectivity index (χ0) is 76.3. The summed E-state index contributed by atoms with van der Waals surface area (Å²) in [5.41, 5.74) is 14.3. The van der Waals surface area contributed by atoms with Crippen LogP contribution < -0.4 is 0 Å². The lowest BCUT2D eigenvalue weighted by molar-refractivity contribution is 0.450. The SMILES string of the molecule is CC(C)c1nc(CF)c(C2CC2)s1.CCc1c(C)c(C(C)C)nn1C.CCc1cc(C(C)C)nn1C.CCc1sc(C(C)C)nc1C.CCc1sc(C(C)C)nc1CF.Cc1cc(C(C)C)nn1C.Cc1nc(C(C)C)oc1C.Cc1nc(C(C)C)sc1C.Cc1sc(C(C)C)nc1CF. The molecule has 100 heavy (non-hydrogen) atoms. The lowest BCUT2D eigenvalue weighted by Gasteiger charge is -2.00. The van der Waals surface area contributed by atoms with Crippen molar-refractivity contribution in [2.45, 2.75) is 325 Å². The molecule has 0 saturated heterocycles. The highest BCUT2D eigenvalue weighted by molar-refractivity contribution is 7.13. The summed E-state index contributed by atoms with van der Waals surface area (Å²) in [6.45, 7) is 62.1. The summed E-state index contributed by atoms with van der Waals surface area (Å²) < 4.78 is 48.4. The van der Waals surface area contributed by atoms with E-state index in [9.17, 15) is 13.2 Å². The van der Waals surface area contributed by atoms with Gasteiger partial charge in [-0.25, -0.2) is 43.1 Å². The Balaban J connectivity index is 0.000000383. The van der Waals surface area contributed by atoms with Crippen molar-refractivity contribution in [1.29, 1.82) is 0 Å². The lowest BCUT2D eigenvalue weighted by atomic mass is 10.0. The molecule has 0 bridgehead atoms. The van der Waals surface area contributed by atoms with E-state index >= 15 is 0 Å². The van der Waals surface area contributed by atoms with Crippen LogP contribution >= 0.6 is 56.7 Å². The predicted octanol–water partition coefficient (Wildman–Crippen LogP) is 24.8. The molecule has 1 aliphatic carbocycles. The van der Waals surface area contributed by atoms with Crippen LogP contribution in [0.2, 0.25) is 0 Å². The van der Waals surface area contributed by atoms with Gasteiger partial charge in [-0.15, -0.1) is 56.7 Å². The quantitative estimate of drug-likeness (QED) is 0.0864. The first-order valence-corrected chi connectivity index (χ1v) is 40.4. The Morgan fingerprint density at radius 1 is 0.420 bits per heavy atom. The molecule has 0 aliphatic heterocycles. The minimum atomic E-state index is -0.435. The molecule has 1 aliphatic rings. The van der Waals surface area contributed by atoms with Gasteiger partial charge in [0.05, 0.1) is 76.3 Å². The van der Waals surface area contributed by atoms with Crippen LogP contribution in [-0.2, 0) is 66.9 Å². The third kappa shape index (κ3) is 29.1. The molecule has 21 heteroatoms. The molecular formula is C79H129F3N12OS5. The number of hydrogen-bond donors (Lipinski definition) is 0. The Morgan fingerprint density at radius 2 is 0.860 bits per heavy atom. The Morgan fingerprint density at radius 3 is 1.14 bits per heavy atom. The van der Waals surface area contributed by atoms with Gasteiger partial charge in [-0.05, 0) is 135 Å². The zero-order valence-corrected chi connectivity index (χ0v) is 71.8. The molecule has 9 heterocycles. The summed E-state index contributed by atoms with van der Waals surface area (Å²) in [6.07, 6.45) is 6.61. The third-order valence-electron chi connectivity index (χ3n) is 16.4. The fraction of sp³-hybridized carbons (Fsp3) is 0.658. The average Bonchev–Trinajstić information content (AvgIpc) is 1.66. The first-order valence-electron chi connectivity index (χ1n) is 36.3. The van der Waals surface area contributed by atoms with E-state index < -0.39 is 20.0 Å². The highest BCUT2D eigenvalue weighted by Gasteiger charge is 2.30. The van der Waals surface area contributed by atoms with Crippen LogP contribution in [0.15, 0.2) is 16.5 Å². The second-order valence-corrected chi connectivity index (χ2v) is 34.1. The molecule has 0 spiro atoms. The van der Waals surface area contributed by atoms with Crippen molar-refractivity contribution >= 4 is 56.7 Å². The topological polar surface area (TPSA) is 144 Å². The van der Waals surface area contributed by atoms with Crippen LogP contribution in [0.5, 0.6) is 0 Å². The van der Waals surface area contributed by atoms with Gasteiger partial charge in [0.25, 0.3) is 0 Å². The summed E-state index contributed by atoms with van der Waals surface area (Å²) in [7, 11) is 6.00. The van der Waals surface area contributed by atoms with Crippen LogP contribution in [0.25, 0.3) is 0 Å². The molecule has 0 aromatic carbocycles. The normalized spacial score (nSPS) is 11.8. The van der Waals surface area contributed by atoms with Crippen molar-refractivity contribution in [3.8, 4) is 0 Å². The second-order valence-electron chi connectivity index (χ2n) is 28.4. The highest BCUT2D eigenvalue weighted by atomic mass is 32.1. The number of aromatic nitrogens is 12. The average molecular weight is 1480 g/mol. The van der Waals surface area contributed by atoms with Gasteiger partial charge in [-0.2, -0.15) is 15.3 Å². The standard InChI is InChI=1S/C10H14FNS.C10H18N2.C9H14FNS.C9H16N2.C9H15NS.C8H12FNS.C8H14N2.C8H13NO.C8H13NS/c1-6(2)10-12-8(5-11)9(13-10)7-3-4-7;1-6-9-8(4)10(7(2)3)11-12(9)5;1-4-8-7(5-10)11-9(12-8)6(2)3;1-5-8-6-9(7(2)3)10-11(8)4;1-5-8-7(4)10-9(11-8)6(2)3;1-5(2)8-10-7(4-9)6(3)11-8;1-6(2)8-5-7(3)10(4)9-8;2*1-5(2)8-9-6(3)7(4)10-8/h6-7H,3-5H2,1-2H3;7H,6H2,1-5H3;6H,4-5H2,1-3H3;6-7H,5H2,1-4H3;6H,5H2,1-4H3;5H,4H2,1-3H3;5-6H,1-4H3;2*5H,1-4H3. The molecule has 0 unspecified atom stereocenters. The highest BCUT2D eigenvalue weighted by Crippen LogP contribution is 2.45. The van der Waals surface area contributed by atoms with E-state index in [1.807, 2.05) is 85.6 Å². The summed E-state index contributed by atoms with van der Waals surface area (Å²) in [4.78, 5) is 32.0. The molecule has 0 N–H and O–H groups in total. The Bertz CT molecular complexity index is 3430. The molecule has 0 amide bonds. The van der Waals surface area contributed by atoms with Crippen LogP contribution in [0, 0.1) is 55.4 Å². The van der Waals surface area contributed by atoms with E-state index in [0.717, 1.165) is 67.8 Å². The molecule has 9 aromatic heterocycles. The van der Waals surface area contributed by atoms with Crippen molar-refractivity contribution < 1.29 is 17.6 Å². The molecule has 10 rings (SSSR count). The molecule has 0 atom stereocenters. The summed E-state index contributed by atoms with van der Waals surface area (Å²) in [5, 5.41) is 18.9. The number of hydrogen-bond acceptors (Lipinski definition) is 15. The zero-order valence-electron chi connectivity index (χ0n) is 67.7. The molecule has 13 nitrogen and oxygen atoms in total. The number of rotatable bonds is 17. The van der Waals surface area contributed by atoms with E-state index in [-0.39, 0.29) is 0 Å². The minimum absolute atomic E-state index is 0.394. The minimum Gasteiger partial charge on any atom is -0.445 e. The first kappa shape index (κ1) is 90.9. The monoisotopic (exact) mass is 1480 g/mol. The number of oxazole rings is 1. The molecule has 0 radical (unpaired) electrons. The van der Waals surface area contributed by atoms with Crippen molar-refractivity contribution in [2.24, 2.45) is 21.1 Å². The Labute approximate surface area is 623 Å². The number of halogens is 3. The smallest absolute Gasteiger partial charge is 0.197 e. The van der Waals surface area contributed by atoms with E-state index in [2.05, 4.69) is 237 Å². The number of nitrogens with zero attached hydrogens (tertiary/aromatic N) is 12. The second kappa shape index (κ2) is 44.4. The van der Waals surface area contributed by atoms with E-state index in [1.165, 1.54) is 88.6 Å². The van der Waals surface area contributed by atoms with Crippen molar-refractivity contribution in [2.75, 3.05) is 0 Å². The van der Waals surface area contributed by atoms with Gasteiger partial charge in [-0.1, -0.05) is 152 Å². The van der Waals surface area contributed by atoms with Crippen molar-refractivity contribution in [3.63, 3.8) is 0 Å². The fourth-order valence-electron chi connectivity index (χ4n) is 9.50. The predicted molar refractivity (Wildman–Crippen MR) is 425 cm³/mol. The molecular weight excluding hydrogens is 1350 g/mol. The maximum absolute atomic E-state index is 12.6. The lowest BCUT2D eigenvalue weighted by Crippen LogP contribution is -1.97. The molecule has 1 fully saturated rings. The van der Waals surface area contributed by atoms with E-state index in [0.29, 0.717) is 76.3 Å². The van der Waals surface area contributed by atoms with Crippen LogP contribution in [0.4, 0.5) is 13.2 Å². The number of aryl methyl sites for hydroxylation is 13. The van der Waals surface area contributed by atoms with E-state index in [1.54, 1.807) is 34.0 Å². The van der Waals surface area contributed by atoms with Gasteiger partial charge < -0.3 is 4.42 Å². The van der Waals surface area contributed by atoms with Crippen LogP contribution in [0.3, 0.4) is 0 Å². The summed E-state index contributed by atoms with van der Waals surface area (Å²) in [5.74, 6) is 6.86. The third-order valence-corrected chi connectivity index (χ3v) is 23.8. The molecule has 1 saturated carbocycles. The van der Waals surface area contributed by atoms with E-state index in [4.69, 9.17) is 4.42 Å². The fourth-order valence-corrected chi connectivity index (χ4v) is 14.6. The number of thiazole rings is 5. The van der Waals surface area contributed by atoms with Gasteiger partial charge in [0, 0.05) is 98.1 Å². The largest absolute Gasteiger partial charge is 0.445 e. The number of alkyl halides is 3. The van der Waals surface area contributed by atoms with Gasteiger partial charge in [0.15, 0.2) is 5.89 Å². The van der Waals surface area contributed by atoms with Crippen molar-refractivity contribution in [3.05, 3.63) is 147 Å². The molecule has 562 valence electrons. The first-order chi connectivity index (χ1) is 46.7. The van der Waals surface area contributed by atoms with Crippen LogP contribution in [-0.4, -0.2) is 59.2 Å². The maximum Gasteiger partial charge on any atom is 0.197 e. The van der Waals surface area contributed by atoms with Gasteiger partial charge in [-0.3, -0.25) is 14.0 Å². The van der Waals surface area contributed by atoms with Crippen LogP contribution in [0.1, 0.15) is 359 Å². The van der Waals surface area contributed by atoms with Gasteiger partial charge in [0.1, 0.15) is 25.8 Å². The molecule has 9 aromatic rings.